The Morgan fingerprint density at radius 1 is 1.24 bits per heavy atom. The van der Waals surface area contributed by atoms with Crippen LogP contribution in [0.5, 0.6) is 0 Å². The van der Waals surface area contributed by atoms with E-state index in [1.807, 2.05) is 17.5 Å². The van der Waals surface area contributed by atoms with Crippen LogP contribution >= 0.6 is 27.3 Å². The normalized spacial score (nSPS) is 9.24. The van der Waals surface area contributed by atoms with E-state index >= 15 is 0 Å². The smallest absolute Gasteiger partial charge is 0.180 e. The molecule has 25 heavy (non-hydrogen) atoms. The van der Waals surface area contributed by atoms with Crippen LogP contribution in [0.2, 0.25) is 0 Å². The average Bonchev–Trinajstić information content (AvgIpc) is 3.10. The van der Waals surface area contributed by atoms with E-state index in [0.717, 1.165) is 11.3 Å². The molecule has 3 aromatic heterocycles. The Morgan fingerprint density at radius 3 is 2.32 bits per heavy atom. The van der Waals surface area contributed by atoms with Crippen LogP contribution in [0.3, 0.4) is 0 Å². The van der Waals surface area contributed by atoms with Crippen molar-refractivity contribution in [3.05, 3.63) is 60.0 Å². The van der Waals surface area contributed by atoms with Crippen molar-refractivity contribution in [2.24, 2.45) is 0 Å². The number of hydrogen-bond donors (Lipinski definition) is 2. The van der Waals surface area contributed by atoms with Crippen LogP contribution in [0.15, 0.2) is 54.4 Å². The number of Topliss-reactive ketones (excluding diaryl/α,β-unsaturated/α-hetero) is 1. The Hall–Kier alpha value is -2.16. The quantitative estimate of drug-likeness (QED) is 0.494. The third kappa shape index (κ3) is 7.97. The van der Waals surface area contributed by atoms with E-state index in [1.165, 1.54) is 11.3 Å². The molecule has 0 fully saturated rings. The maximum absolute atomic E-state index is 10.9. The third-order valence-electron chi connectivity index (χ3n) is 2.58. The highest BCUT2D eigenvalue weighted by Crippen LogP contribution is 2.21. The number of carbonyl (C=O) groups excluding carboxylic acids is 1. The molecule has 0 atom stereocenters. The summed E-state index contributed by atoms with van der Waals surface area (Å²) in [6, 6.07) is 7.33. The predicted molar refractivity (Wildman–Crippen MR) is 105 cm³/mol. The number of nitrogen functional groups attached to an aromatic ring is 1. The molecule has 8 heteroatoms. The van der Waals surface area contributed by atoms with Gasteiger partial charge in [0.1, 0.15) is 0 Å². The van der Waals surface area contributed by atoms with E-state index in [-0.39, 0.29) is 12.4 Å². The molecule has 3 rings (SSSR count). The average molecular weight is 423 g/mol. The van der Waals surface area contributed by atoms with Crippen molar-refractivity contribution in [3.63, 3.8) is 0 Å². The number of thiazole rings is 1. The molecule has 0 radical (unpaired) electrons. The minimum atomic E-state index is 0.0631. The lowest BCUT2D eigenvalue weighted by Gasteiger charge is -1.92. The predicted octanol–water partition coefficient (Wildman–Crippen LogP) is 3.45. The van der Waals surface area contributed by atoms with Crippen LogP contribution < -0.4 is 5.73 Å². The molecule has 0 amide bonds. The van der Waals surface area contributed by atoms with Crippen molar-refractivity contribution in [2.45, 2.75) is 6.92 Å². The van der Waals surface area contributed by atoms with Crippen molar-refractivity contribution < 1.29 is 9.90 Å². The SMILES string of the molecule is CCO.Nc1nc(-c2cccnc2)cs1.O=C(CBr)c1cccnc1. The van der Waals surface area contributed by atoms with Crippen LogP contribution in [0.25, 0.3) is 11.3 Å². The molecule has 0 saturated heterocycles. The van der Waals surface area contributed by atoms with Crippen molar-refractivity contribution >= 4 is 38.2 Å². The summed E-state index contributed by atoms with van der Waals surface area (Å²) in [6.45, 7) is 1.93. The van der Waals surface area contributed by atoms with Crippen LogP contribution in [-0.4, -0.2) is 37.8 Å². The zero-order chi connectivity index (χ0) is 18.5. The fraction of sp³-hybridized carbons (Fsp3) is 0.176. The molecule has 3 heterocycles. The Kier molecular flexibility index (Phi) is 10.2. The number of nitrogens with zero attached hydrogens (tertiary/aromatic N) is 3. The van der Waals surface area contributed by atoms with E-state index in [2.05, 4.69) is 30.9 Å². The van der Waals surface area contributed by atoms with E-state index in [1.54, 1.807) is 43.8 Å². The number of aliphatic hydroxyl groups is 1. The fourth-order valence-electron chi connectivity index (χ4n) is 1.54. The maximum atomic E-state index is 10.9. The number of hydrogen-bond acceptors (Lipinski definition) is 7. The van der Waals surface area contributed by atoms with Gasteiger partial charge in [0, 0.05) is 47.9 Å². The van der Waals surface area contributed by atoms with E-state index in [0.29, 0.717) is 16.0 Å². The summed E-state index contributed by atoms with van der Waals surface area (Å²) in [5.74, 6) is 0.0631. The largest absolute Gasteiger partial charge is 0.397 e. The number of halogens is 1. The number of alkyl halides is 1. The molecule has 3 N–H and O–H groups in total. The van der Waals surface area contributed by atoms with Gasteiger partial charge in [0.2, 0.25) is 0 Å². The number of ketones is 1. The number of nitrogens with two attached hydrogens (primary N) is 1. The summed E-state index contributed by atoms with van der Waals surface area (Å²) < 4.78 is 0. The monoisotopic (exact) mass is 422 g/mol. The van der Waals surface area contributed by atoms with Gasteiger partial charge in [-0.25, -0.2) is 4.98 Å². The number of carbonyl (C=O) groups is 1. The van der Waals surface area contributed by atoms with Gasteiger partial charge in [-0.15, -0.1) is 11.3 Å². The van der Waals surface area contributed by atoms with Gasteiger partial charge in [-0.1, -0.05) is 15.9 Å². The van der Waals surface area contributed by atoms with Gasteiger partial charge < -0.3 is 10.8 Å². The molecule has 0 aliphatic rings. The Morgan fingerprint density at radius 2 is 1.88 bits per heavy atom. The lowest BCUT2D eigenvalue weighted by Crippen LogP contribution is -1.99. The van der Waals surface area contributed by atoms with Crippen molar-refractivity contribution in [1.29, 1.82) is 0 Å². The first-order valence-corrected chi connectivity index (χ1v) is 9.33. The summed E-state index contributed by atoms with van der Waals surface area (Å²) in [5.41, 5.74) is 8.05. The summed E-state index contributed by atoms with van der Waals surface area (Å²) in [5, 5.41) is 10.4. The molecule has 0 aromatic carbocycles. The molecule has 0 spiro atoms. The molecule has 0 saturated carbocycles. The standard InChI is InChI=1S/C8H7N3S.C7H6BrNO.C2H6O/c9-8-11-7(5-12-8)6-2-1-3-10-4-6;8-4-7(10)6-2-1-3-9-5-6;1-2-3/h1-5H,(H2,9,11);1-3,5H,4H2;3H,2H2,1H3. The second kappa shape index (κ2) is 12.2. The van der Waals surface area contributed by atoms with E-state index in [9.17, 15) is 4.79 Å². The molecular formula is C17H19BrN4O2S. The van der Waals surface area contributed by atoms with Crippen molar-refractivity contribution in [1.82, 2.24) is 15.0 Å². The zero-order valence-corrected chi connectivity index (χ0v) is 16.1. The van der Waals surface area contributed by atoms with Gasteiger partial charge in [0.15, 0.2) is 10.9 Å². The molecule has 0 aliphatic carbocycles. The summed E-state index contributed by atoms with van der Waals surface area (Å²) in [7, 11) is 0. The van der Waals surface area contributed by atoms with Crippen molar-refractivity contribution in [3.8, 4) is 11.3 Å². The Bertz CT molecular complexity index is 739. The second-order valence-electron chi connectivity index (χ2n) is 4.43. The molecule has 132 valence electrons. The number of aromatic nitrogens is 3. The molecule has 6 nitrogen and oxygen atoms in total. The number of anilines is 1. The number of aliphatic hydroxyl groups excluding tert-OH is 1. The number of pyridine rings is 2. The van der Waals surface area contributed by atoms with Crippen molar-refractivity contribution in [2.75, 3.05) is 17.7 Å². The maximum Gasteiger partial charge on any atom is 0.180 e. The molecular weight excluding hydrogens is 404 g/mol. The summed E-state index contributed by atoms with van der Waals surface area (Å²) >= 11 is 4.51. The van der Waals surface area contributed by atoms with E-state index in [4.69, 9.17) is 10.8 Å². The molecule has 0 unspecified atom stereocenters. The van der Waals surface area contributed by atoms with Gasteiger partial charge >= 0.3 is 0 Å². The van der Waals surface area contributed by atoms with Gasteiger partial charge in [0.25, 0.3) is 0 Å². The van der Waals surface area contributed by atoms with Gasteiger partial charge in [-0.05, 0) is 31.2 Å². The van der Waals surface area contributed by atoms with E-state index < -0.39 is 0 Å². The fourth-order valence-corrected chi connectivity index (χ4v) is 2.44. The van der Waals surface area contributed by atoms with Crippen LogP contribution in [0, 0.1) is 0 Å². The summed E-state index contributed by atoms with van der Waals surface area (Å²) in [6.07, 6.45) is 6.71. The van der Waals surface area contributed by atoms with Gasteiger partial charge in [-0.2, -0.15) is 0 Å². The Balaban J connectivity index is 0.000000220. The summed E-state index contributed by atoms with van der Waals surface area (Å²) in [4.78, 5) is 22.9. The molecule has 0 bridgehead atoms. The van der Waals surface area contributed by atoms with Gasteiger partial charge in [0.05, 0.1) is 11.0 Å². The lowest BCUT2D eigenvalue weighted by atomic mass is 10.2. The minimum absolute atomic E-state index is 0.0631. The molecule has 3 aromatic rings. The second-order valence-corrected chi connectivity index (χ2v) is 5.88. The number of rotatable bonds is 3. The topological polar surface area (TPSA) is 102 Å². The lowest BCUT2D eigenvalue weighted by molar-refractivity contribution is 0.102. The zero-order valence-electron chi connectivity index (χ0n) is 13.7. The first-order chi connectivity index (χ1) is 12.1. The van der Waals surface area contributed by atoms with Crippen LogP contribution in [0.1, 0.15) is 17.3 Å². The first kappa shape index (κ1) is 20.9. The highest BCUT2D eigenvalue weighted by Gasteiger charge is 2.01. The van der Waals surface area contributed by atoms with Gasteiger partial charge in [-0.3, -0.25) is 14.8 Å². The minimum Gasteiger partial charge on any atom is -0.397 e. The third-order valence-corrected chi connectivity index (χ3v) is 3.77. The van der Waals surface area contributed by atoms with Crippen LogP contribution in [0.4, 0.5) is 5.13 Å². The van der Waals surface area contributed by atoms with Crippen LogP contribution in [-0.2, 0) is 0 Å². The Labute approximate surface area is 158 Å². The molecule has 0 aliphatic heterocycles. The first-order valence-electron chi connectivity index (χ1n) is 7.33. The highest BCUT2D eigenvalue weighted by molar-refractivity contribution is 9.09. The highest BCUT2D eigenvalue weighted by atomic mass is 79.9.